The van der Waals surface area contributed by atoms with Gasteiger partial charge in [-0.15, -0.1) is 0 Å². The molecule has 0 bridgehead atoms. The highest BCUT2D eigenvalue weighted by Crippen LogP contribution is 2.34. The third-order valence-corrected chi connectivity index (χ3v) is 4.68. The molecule has 7 heteroatoms. The Morgan fingerprint density at radius 2 is 1.88 bits per heavy atom. The summed E-state index contributed by atoms with van der Waals surface area (Å²) in [6, 6.07) is 4.01. The molecule has 2 aliphatic rings. The van der Waals surface area contributed by atoms with Crippen LogP contribution in [0.5, 0.6) is 0 Å². The number of aromatic nitrogens is 4. The zero-order valence-electron chi connectivity index (χ0n) is 14.3. The van der Waals surface area contributed by atoms with Gasteiger partial charge in [0.05, 0.1) is 0 Å². The monoisotopic (exact) mass is 329 g/mol. The first-order chi connectivity index (χ1) is 11.9. The van der Waals surface area contributed by atoms with E-state index >= 15 is 0 Å². The van der Waals surface area contributed by atoms with Crippen molar-refractivity contribution in [3.8, 4) is 0 Å². The van der Waals surface area contributed by atoms with Gasteiger partial charge in [0.15, 0.2) is 5.82 Å². The fourth-order valence-corrected chi connectivity index (χ4v) is 3.47. The molecule has 1 saturated carbocycles. The Kier molecular flexibility index (Phi) is 5.63. The molecule has 130 valence electrons. The van der Waals surface area contributed by atoms with Crippen LogP contribution >= 0.6 is 0 Å². The topological polar surface area (TPSA) is 95.7 Å². The number of hydrogen-bond donors (Lipinski definition) is 3. The van der Waals surface area contributed by atoms with Crippen LogP contribution < -0.4 is 16.0 Å². The van der Waals surface area contributed by atoms with E-state index in [2.05, 4.69) is 42.2 Å². The van der Waals surface area contributed by atoms with Crippen molar-refractivity contribution in [2.24, 2.45) is 5.73 Å². The molecule has 1 aliphatic carbocycles. The third kappa shape index (κ3) is 3.84. The number of nitrogens with one attached hydrogen (secondary N) is 2. The van der Waals surface area contributed by atoms with Gasteiger partial charge in [-0.25, -0.2) is 4.98 Å². The average Bonchev–Trinajstić information content (AvgIpc) is 3.38. The van der Waals surface area contributed by atoms with Crippen LogP contribution in [0.15, 0.2) is 18.3 Å². The molecule has 0 aromatic carbocycles. The van der Waals surface area contributed by atoms with Gasteiger partial charge in [0.25, 0.3) is 0 Å². The van der Waals surface area contributed by atoms with Gasteiger partial charge in [-0.2, -0.15) is 10.1 Å². The summed E-state index contributed by atoms with van der Waals surface area (Å²) in [5, 5.41) is 10.8. The fourth-order valence-electron chi connectivity index (χ4n) is 3.47. The Balaban J connectivity index is 0.000000815. The van der Waals surface area contributed by atoms with Crippen LogP contribution in [0, 0.1) is 0 Å². The van der Waals surface area contributed by atoms with Crippen LogP contribution in [0.1, 0.15) is 50.1 Å². The predicted molar refractivity (Wildman–Crippen MR) is 96.7 cm³/mol. The number of nitrogens with two attached hydrogens (primary N) is 1. The fraction of sp³-hybridized carbons (Fsp3) is 0.588. The van der Waals surface area contributed by atoms with Crippen LogP contribution in [0.25, 0.3) is 0 Å². The van der Waals surface area contributed by atoms with Crippen molar-refractivity contribution in [1.29, 1.82) is 0 Å². The summed E-state index contributed by atoms with van der Waals surface area (Å²) in [5.41, 5.74) is 5.74. The van der Waals surface area contributed by atoms with Gasteiger partial charge >= 0.3 is 0 Å². The molecule has 0 atom stereocenters. The van der Waals surface area contributed by atoms with E-state index in [1.807, 2.05) is 12.3 Å². The first-order valence-electron chi connectivity index (χ1n) is 8.86. The molecule has 2 aromatic heterocycles. The number of hydrogen-bond acceptors (Lipinski definition) is 6. The summed E-state index contributed by atoms with van der Waals surface area (Å²) >= 11 is 0. The van der Waals surface area contributed by atoms with E-state index in [0.717, 1.165) is 30.7 Å². The van der Waals surface area contributed by atoms with Gasteiger partial charge in [0.2, 0.25) is 5.95 Å². The second-order valence-electron chi connectivity index (χ2n) is 6.25. The van der Waals surface area contributed by atoms with Gasteiger partial charge in [-0.1, -0.05) is 12.8 Å². The quantitative estimate of drug-likeness (QED) is 0.798. The Hall–Kier alpha value is -2.15. The molecule has 7 nitrogen and oxygen atoms in total. The molecule has 0 unspecified atom stereocenters. The summed E-state index contributed by atoms with van der Waals surface area (Å²) in [5.74, 6) is 3.11. The Labute approximate surface area is 143 Å². The van der Waals surface area contributed by atoms with E-state index in [9.17, 15) is 0 Å². The Morgan fingerprint density at radius 3 is 2.62 bits per heavy atom. The van der Waals surface area contributed by atoms with Gasteiger partial charge in [0, 0.05) is 37.0 Å². The maximum atomic E-state index is 4.61. The molecule has 0 amide bonds. The zero-order chi connectivity index (χ0) is 16.8. The molecule has 3 heterocycles. The number of aromatic amines is 1. The van der Waals surface area contributed by atoms with E-state index < -0.39 is 0 Å². The van der Waals surface area contributed by atoms with Gasteiger partial charge in [-0.05, 0) is 38.8 Å². The van der Waals surface area contributed by atoms with Gasteiger partial charge < -0.3 is 16.0 Å². The normalized spacial score (nSPS) is 17.7. The molecule has 2 fully saturated rings. The summed E-state index contributed by atoms with van der Waals surface area (Å²) in [6.45, 7) is 2.11. The molecule has 0 radical (unpaired) electrons. The highest BCUT2D eigenvalue weighted by molar-refractivity contribution is 5.53. The van der Waals surface area contributed by atoms with Crippen LogP contribution in [-0.4, -0.2) is 40.3 Å². The highest BCUT2D eigenvalue weighted by Gasteiger charge is 2.19. The number of rotatable bonds is 4. The maximum Gasteiger partial charge on any atom is 0.227 e. The molecule has 24 heavy (non-hydrogen) atoms. The van der Waals surface area contributed by atoms with E-state index in [-0.39, 0.29) is 0 Å². The van der Waals surface area contributed by atoms with Crippen molar-refractivity contribution in [3.63, 3.8) is 0 Å². The predicted octanol–water partition coefficient (Wildman–Crippen LogP) is 2.78. The molecule has 2 aromatic rings. The molecule has 1 aliphatic heterocycles. The minimum atomic E-state index is 0.647. The lowest BCUT2D eigenvalue weighted by molar-refractivity contribution is 0.693. The van der Waals surface area contributed by atoms with E-state index in [1.54, 1.807) is 0 Å². The Morgan fingerprint density at radius 1 is 1.12 bits per heavy atom. The minimum absolute atomic E-state index is 0.647. The van der Waals surface area contributed by atoms with Crippen molar-refractivity contribution in [2.45, 2.75) is 44.4 Å². The first kappa shape index (κ1) is 16.7. The SMILES string of the molecule is CN.c1cc(Nc2cc(C3CCCC3)[nH]n2)nc(N2CCCC2)n1. The van der Waals surface area contributed by atoms with Crippen LogP contribution in [0.4, 0.5) is 17.6 Å². The van der Waals surface area contributed by atoms with E-state index in [1.165, 1.54) is 51.3 Å². The number of anilines is 3. The summed E-state index contributed by atoms with van der Waals surface area (Å²) < 4.78 is 0. The molecule has 1 saturated heterocycles. The van der Waals surface area contributed by atoms with Crippen molar-refractivity contribution in [1.82, 2.24) is 20.2 Å². The maximum absolute atomic E-state index is 4.61. The molecule has 0 spiro atoms. The lowest BCUT2D eigenvalue weighted by Crippen LogP contribution is -2.20. The minimum Gasteiger partial charge on any atom is -0.341 e. The second kappa shape index (κ2) is 8.10. The highest BCUT2D eigenvalue weighted by atomic mass is 15.3. The number of nitrogens with zero attached hydrogens (tertiary/aromatic N) is 4. The van der Waals surface area contributed by atoms with Crippen molar-refractivity contribution in [3.05, 3.63) is 24.0 Å². The largest absolute Gasteiger partial charge is 0.341 e. The lowest BCUT2D eigenvalue weighted by atomic mass is 10.0. The van der Waals surface area contributed by atoms with Crippen LogP contribution in [-0.2, 0) is 0 Å². The summed E-state index contributed by atoms with van der Waals surface area (Å²) in [6.07, 6.45) is 9.47. The number of H-pyrrole nitrogens is 1. The first-order valence-corrected chi connectivity index (χ1v) is 8.86. The zero-order valence-corrected chi connectivity index (χ0v) is 14.3. The van der Waals surface area contributed by atoms with Gasteiger partial charge in [-0.3, -0.25) is 5.10 Å². The second-order valence-corrected chi connectivity index (χ2v) is 6.25. The van der Waals surface area contributed by atoms with Crippen LogP contribution in [0.3, 0.4) is 0 Å². The summed E-state index contributed by atoms with van der Waals surface area (Å²) in [7, 11) is 1.50. The molecule has 4 rings (SSSR count). The lowest BCUT2D eigenvalue weighted by Gasteiger charge is -2.15. The third-order valence-electron chi connectivity index (χ3n) is 4.68. The molecule has 4 N–H and O–H groups in total. The van der Waals surface area contributed by atoms with E-state index in [4.69, 9.17) is 0 Å². The smallest absolute Gasteiger partial charge is 0.227 e. The molecular weight excluding hydrogens is 302 g/mol. The van der Waals surface area contributed by atoms with Crippen molar-refractivity contribution >= 4 is 17.6 Å². The summed E-state index contributed by atoms with van der Waals surface area (Å²) in [4.78, 5) is 11.2. The standard InChI is InChI=1S/C16H22N6.CH5N/c1-2-6-12(5-1)13-11-15(21-20-13)18-14-7-8-17-16(19-14)22-9-3-4-10-22;1-2/h7-8,11-12H,1-6,9-10H2,(H2,17,18,19,20,21);2H2,1H3. The van der Waals surface area contributed by atoms with Crippen molar-refractivity contribution < 1.29 is 0 Å². The molecular formula is C17H27N7. The van der Waals surface area contributed by atoms with E-state index in [0.29, 0.717) is 5.92 Å². The van der Waals surface area contributed by atoms with Gasteiger partial charge in [0.1, 0.15) is 5.82 Å². The van der Waals surface area contributed by atoms with Crippen molar-refractivity contribution in [2.75, 3.05) is 30.4 Å². The average molecular weight is 329 g/mol. The Bertz CT molecular complexity index is 627. The van der Waals surface area contributed by atoms with Crippen LogP contribution in [0.2, 0.25) is 0 Å².